The lowest BCUT2D eigenvalue weighted by atomic mass is 9.92. The van der Waals surface area contributed by atoms with E-state index in [9.17, 15) is 31.9 Å². The molecule has 220 valence electrons. The van der Waals surface area contributed by atoms with Crippen molar-refractivity contribution >= 4 is 28.7 Å². The van der Waals surface area contributed by atoms with Crippen molar-refractivity contribution < 1.29 is 36.4 Å². The number of hydrogen-bond acceptors (Lipinski definition) is 5. The van der Waals surface area contributed by atoms with Gasteiger partial charge in [-0.15, -0.1) is 0 Å². The van der Waals surface area contributed by atoms with Crippen molar-refractivity contribution in [1.29, 1.82) is 0 Å². The summed E-state index contributed by atoms with van der Waals surface area (Å²) < 4.78 is 59.3. The van der Waals surface area contributed by atoms with E-state index in [1.807, 2.05) is 0 Å². The third kappa shape index (κ3) is 6.67. The Balaban J connectivity index is 1.86. The first-order chi connectivity index (χ1) is 19.7. The summed E-state index contributed by atoms with van der Waals surface area (Å²) in [7, 11) is 0. The van der Waals surface area contributed by atoms with E-state index in [0.717, 1.165) is 0 Å². The van der Waals surface area contributed by atoms with Crippen LogP contribution in [0.5, 0.6) is 0 Å². The zero-order valence-corrected chi connectivity index (χ0v) is 23.2. The van der Waals surface area contributed by atoms with Crippen LogP contribution in [0, 0.1) is 11.2 Å². The summed E-state index contributed by atoms with van der Waals surface area (Å²) in [4.78, 5) is 42.0. The van der Waals surface area contributed by atoms with Gasteiger partial charge in [-0.05, 0) is 68.3 Å². The standard InChI is InChI=1S/C31H29F4N3O4/c1-4-24(39)25-22-15-21(18-6-5-7-19(14-18)27(40)37-16-30(2,3)29(36)41)23(12-13-31(33,34)35)38-28(22)42-26(25)17-8-10-20(32)11-9-17/h5-11,14-15H,4,12-13,16H2,1-3H3,(H2,36,41)(H,37,40). The van der Waals surface area contributed by atoms with Crippen LogP contribution in [0.25, 0.3) is 33.6 Å². The highest BCUT2D eigenvalue weighted by atomic mass is 19.4. The second-order valence-corrected chi connectivity index (χ2v) is 10.6. The zero-order chi connectivity index (χ0) is 30.8. The highest BCUT2D eigenvalue weighted by Crippen LogP contribution is 2.38. The normalized spacial score (nSPS) is 12.0. The molecule has 3 N–H and O–H groups in total. The monoisotopic (exact) mass is 583 g/mol. The van der Waals surface area contributed by atoms with Crippen LogP contribution in [0.15, 0.2) is 59.0 Å². The van der Waals surface area contributed by atoms with Crippen LogP contribution in [0.2, 0.25) is 0 Å². The summed E-state index contributed by atoms with van der Waals surface area (Å²) in [5.41, 5.74) is 5.86. The molecule has 0 spiro atoms. The van der Waals surface area contributed by atoms with Crippen LogP contribution >= 0.6 is 0 Å². The fourth-order valence-corrected chi connectivity index (χ4v) is 4.34. The van der Waals surface area contributed by atoms with Gasteiger partial charge in [-0.3, -0.25) is 14.4 Å². The summed E-state index contributed by atoms with van der Waals surface area (Å²) in [5, 5.41) is 2.94. The van der Waals surface area contributed by atoms with E-state index in [2.05, 4.69) is 10.3 Å². The lowest BCUT2D eigenvalue weighted by molar-refractivity contribution is -0.134. The molecule has 11 heteroatoms. The van der Waals surface area contributed by atoms with Gasteiger partial charge in [-0.1, -0.05) is 19.1 Å². The molecule has 0 unspecified atom stereocenters. The Labute approximate surface area is 239 Å². The molecule has 0 aliphatic heterocycles. The van der Waals surface area contributed by atoms with Gasteiger partial charge in [-0.2, -0.15) is 13.2 Å². The molecule has 42 heavy (non-hydrogen) atoms. The number of carbonyl (C=O) groups is 3. The maximum Gasteiger partial charge on any atom is 0.389 e. The number of benzene rings is 2. The van der Waals surface area contributed by atoms with Crippen LogP contribution in [0.1, 0.15) is 60.0 Å². The molecule has 0 atom stereocenters. The van der Waals surface area contributed by atoms with Gasteiger partial charge in [0.2, 0.25) is 11.6 Å². The Morgan fingerprint density at radius 1 is 1.00 bits per heavy atom. The molecule has 0 fully saturated rings. The number of pyridine rings is 1. The minimum atomic E-state index is -4.46. The number of primary amides is 1. The molecule has 2 aromatic carbocycles. The summed E-state index contributed by atoms with van der Waals surface area (Å²) >= 11 is 0. The van der Waals surface area contributed by atoms with Gasteiger partial charge < -0.3 is 15.5 Å². The van der Waals surface area contributed by atoms with E-state index in [4.69, 9.17) is 10.2 Å². The number of nitrogens with zero attached hydrogens (tertiary/aromatic N) is 1. The first-order valence-electron chi connectivity index (χ1n) is 13.2. The largest absolute Gasteiger partial charge is 0.437 e. The number of rotatable bonds is 10. The lowest BCUT2D eigenvalue weighted by Crippen LogP contribution is -2.42. The van der Waals surface area contributed by atoms with Gasteiger partial charge in [0.1, 0.15) is 11.6 Å². The molecular formula is C31H29F4N3O4. The molecular weight excluding hydrogens is 554 g/mol. The van der Waals surface area contributed by atoms with Crippen molar-refractivity contribution in [3.63, 3.8) is 0 Å². The van der Waals surface area contributed by atoms with Crippen LogP contribution < -0.4 is 11.1 Å². The van der Waals surface area contributed by atoms with Crippen molar-refractivity contribution in [3.8, 4) is 22.5 Å². The number of aromatic nitrogens is 1. The summed E-state index contributed by atoms with van der Waals surface area (Å²) in [6.45, 7) is 4.79. The van der Waals surface area contributed by atoms with Crippen molar-refractivity contribution in [3.05, 3.63) is 77.2 Å². The van der Waals surface area contributed by atoms with E-state index in [-0.39, 0.29) is 58.0 Å². The lowest BCUT2D eigenvalue weighted by Gasteiger charge is -2.20. The van der Waals surface area contributed by atoms with E-state index in [1.165, 1.54) is 36.4 Å². The molecule has 7 nitrogen and oxygen atoms in total. The molecule has 0 bridgehead atoms. The van der Waals surface area contributed by atoms with Gasteiger partial charge in [0, 0.05) is 36.1 Å². The Bertz CT molecular complexity index is 1660. The van der Waals surface area contributed by atoms with Gasteiger partial charge in [0.25, 0.3) is 5.91 Å². The van der Waals surface area contributed by atoms with Gasteiger partial charge in [-0.25, -0.2) is 9.37 Å². The van der Waals surface area contributed by atoms with Crippen molar-refractivity contribution in [1.82, 2.24) is 10.3 Å². The molecule has 4 rings (SSSR count). The van der Waals surface area contributed by atoms with Crippen LogP contribution in [0.4, 0.5) is 17.6 Å². The average Bonchev–Trinajstić information content (AvgIpc) is 3.32. The summed E-state index contributed by atoms with van der Waals surface area (Å²) in [6.07, 6.45) is -6.01. The van der Waals surface area contributed by atoms with Crippen LogP contribution in [-0.2, 0) is 11.2 Å². The van der Waals surface area contributed by atoms with E-state index < -0.39 is 42.1 Å². The Kier molecular flexibility index (Phi) is 8.51. The number of halogens is 4. The third-order valence-electron chi connectivity index (χ3n) is 6.91. The van der Waals surface area contributed by atoms with E-state index >= 15 is 0 Å². The van der Waals surface area contributed by atoms with Crippen LogP contribution in [-0.4, -0.2) is 35.3 Å². The molecule has 4 aromatic rings. The van der Waals surface area contributed by atoms with E-state index in [1.54, 1.807) is 39.0 Å². The predicted octanol–water partition coefficient (Wildman–Crippen LogP) is 6.63. The number of nitrogens with two attached hydrogens (primary N) is 1. The van der Waals surface area contributed by atoms with Crippen molar-refractivity contribution in [2.45, 2.75) is 46.2 Å². The zero-order valence-electron chi connectivity index (χ0n) is 23.2. The Morgan fingerprint density at radius 2 is 1.69 bits per heavy atom. The molecule has 2 amide bonds. The highest BCUT2D eigenvalue weighted by molar-refractivity contribution is 6.12. The number of furan rings is 1. The molecule has 0 saturated heterocycles. The number of hydrogen-bond donors (Lipinski definition) is 2. The highest BCUT2D eigenvalue weighted by Gasteiger charge is 2.30. The fraction of sp³-hybridized carbons (Fsp3) is 0.290. The SMILES string of the molecule is CCC(=O)c1c(-c2ccc(F)cc2)oc2nc(CCC(F)(F)F)c(-c3cccc(C(=O)NCC(C)(C)C(N)=O)c3)cc12. The Hall–Kier alpha value is -4.54. The molecule has 0 saturated carbocycles. The minimum Gasteiger partial charge on any atom is -0.437 e. The van der Waals surface area contributed by atoms with Gasteiger partial charge >= 0.3 is 6.18 Å². The number of fused-ring (bicyclic) bond motifs is 1. The van der Waals surface area contributed by atoms with Crippen molar-refractivity contribution in [2.24, 2.45) is 11.1 Å². The molecule has 0 radical (unpaired) electrons. The predicted molar refractivity (Wildman–Crippen MR) is 149 cm³/mol. The maximum atomic E-state index is 13.6. The number of carbonyl (C=O) groups excluding carboxylic acids is 3. The quantitative estimate of drug-likeness (QED) is 0.161. The first-order valence-corrected chi connectivity index (χ1v) is 13.2. The van der Waals surface area contributed by atoms with Gasteiger partial charge in [0.05, 0.1) is 22.1 Å². The maximum absolute atomic E-state index is 13.6. The number of alkyl halides is 3. The average molecular weight is 584 g/mol. The van der Waals surface area contributed by atoms with Gasteiger partial charge in [0.15, 0.2) is 5.78 Å². The van der Waals surface area contributed by atoms with Crippen LogP contribution in [0.3, 0.4) is 0 Å². The smallest absolute Gasteiger partial charge is 0.389 e. The summed E-state index contributed by atoms with van der Waals surface area (Å²) in [5.74, 6) is -1.76. The minimum absolute atomic E-state index is 0.0284. The topological polar surface area (TPSA) is 115 Å². The molecule has 2 aromatic heterocycles. The number of ketones is 1. The number of amides is 2. The number of aryl methyl sites for hydroxylation is 1. The molecule has 0 aliphatic carbocycles. The third-order valence-corrected chi connectivity index (χ3v) is 6.91. The van der Waals surface area contributed by atoms with E-state index in [0.29, 0.717) is 11.1 Å². The number of Topliss-reactive ketones (excluding diaryl/α,β-unsaturated/α-hetero) is 1. The first kappa shape index (κ1) is 30.4. The fourth-order valence-electron chi connectivity index (χ4n) is 4.34. The second-order valence-electron chi connectivity index (χ2n) is 10.6. The Morgan fingerprint density at radius 3 is 2.31 bits per heavy atom. The second kappa shape index (κ2) is 11.8. The molecule has 2 heterocycles. The molecule has 0 aliphatic rings. The number of nitrogens with one attached hydrogen (secondary N) is 1. The van der Waals surface area contributed by atoms with Crippen molar-refractivity contribution in [2.75, 3.05) is 6.54 Å². The summed E-state index contributed by atoms with van der Waals surface area (Å²) in [6, 6.07) is 13.0.